The fraction of sp³-hybridized carbons (Fsp3) is 0.696. The molecule has 0 unspecified atom stereocenters. The summed E-state index contributed by atoms with van der Waals surface area (Å²) in [5.74, 6) is 2.32. The minimum Gasteiger partial charge on any atom is -0.474 e. The molecule has 3 N–H and O–H groups in total. The van der Waals surface area contributed by atoms with E-state index in [1.807, 2.05) is 12.4 Å². The Morgan fingerprint density at radius 2 is 1.87 bits per heavy atom. The van der Waals surface area contributed by atoms with Gasteiger partial charge in [-0.25, -0.2) is 15.0 Å². The maximum atomic E-state index is 9.92. The van der Waals surface area contributed by atoms with Gasteiger partial charge in [0.15, 0.2) is 0 Å². The van der Waals surface area contributed by atoms with Crippen LogP contribution in [0, 0.1) is 5.92 Å². The van der Waals surface area contributed by atoms with Crippen LogP contribution in [0.5, 0.6) is 5.88 Å². The Hall–Kier alpha value is -1.99. The summed E-state index contributed by atoms with van der Waals surface area (Å²) in [6.45, 7) is 7.25. The topological polar surface area (TPSA) is 92.2 Å². The van der Waals surface area contributed by atoms with Gasteiger partial charge in [0.05, 0.1) is 17.0 Å². The summed E-state index contributed by atoms with van der Waals surface area (Å²) in [7, 11) is 0. The lowest BCUT2D eigenvalue weighted by Gasteiger charge is -2.27. The first kappa shape index (κ1) is 21.2. The van der Waals surface area contributed by atoms with Crippen molar-refractivity contribution < 1.29 is 9.84 Å². The van der Waals surface area contributed by atoms with Crippen LogP contribution in [0.3, 0.4) is 0 Å². The van der Waals surface area contributed by atoms with E-state index in [-0.39, 0.29) is 12.2 Å². The SMILES string of the molecule is CC(C)CCNc1ncc2c(OC3CCNCC3)ncc(C3CCC(O)CC3)c2n1. The monoisotopic (exact) mass is 413 g/mol. The Morgan fingerprint density at radius 3 is 2.60 bits per heavy atom. The molecule has 4 rings (SSSR count). The maximum absolute atomic E-state index is 9.92. The lowest BCUT2D eigenvalue weighted by atomic mass is 9.83. The van der Waals surface area contributed by atoms with Gasteiger partial charge in [-0.3, -0.25) is 0 Å². The van der Waals surface area contributed by atoms with Gasteiger partial charge in [0.1, 0.15) is 6.10 Å². The zero-order valence-corrected chi connectivity index (χ0v) is 18.2. The number of hydrogen-bond acceptors (Lipinski definition) is 7. The summed E-state index contributed by atoms with van der Waals surface area (Å²) in [6.07, 6.45) is 10.5. The molecule has 1 saturated heterocycles. The number of piperidine rings is 1. The number of rotatable bonds is 7. The van der Waals surface area contributed by atoms with Crippen LogP contribution in [0.25, 0.3) is 10.9 Å². The average molecular weight is 414 g/mol. The average Bonchev–Trinajstić information content (AvgIpc) is 2.75. The summed E-state index contributed by atoms with van der Waals surface area (Å²) in [6, 6.07) is 0. The van der Waals surface area contributed by atoms with Gasteiger partial charge in [-0.05, 0) is 69.9 Å². The van der Waals surface area contributed by atoms with Gasteiger partial charge in [-0.15, -0.1) is 0 Å². The minimum atomic E-state index is -0.175. The Morgan fingerprint density at radius 1 is 1.10 bits per heavy atom. The van der Waals surface area contributed by atoms with Crippen LogP contribution in [-0.2, 0) is 0 Å². The lowest BCUT2D eigenvalue weighted by molar-refractivity contribution is 0.122. The third-order valence-corrected chi connectivity index (χ3v) is 6.32. The molecule has 164 valence electrons. The van der Waals surface area contributed by atoms with E-state index in [0.717, 1.165) is 81.0 Å². The normalized spacial score (nSPS) is 23.1. The fourth-order valence-electron chi connectivity index (χ4n) is 4.43. The van der Waals surface area contributed by atoms with Gasteiger partial charge in [0, 0.05) is 24.5 Å². The van der Waals surface area contributed by atoms with Gasteiger partial charge in [-0.2, -0.15) is 0 Å². The number of fused-ring (bicyclic) bond motifs is 1. The van der Waals surface area contributed by atoms with Crippen molar-refractivity contribution >= 4 is 16.9 Å². The molecule has 0 bridgehead atoms. The van der Waals surface area contributed by atoms with Gasteiger partial charge < -0.3 is 20.5 Å². The molecule has 1 aliphatic carbocycles. The van der Waals surface area contributed by atoms with Crippen molar-refractivity contribution in [3.05, 3.63) is 18.0 Å². The summed E-state index contributed by atoms with van der Waals surface area (Å²) >= 11 is 0. The number of pyridine rings is 1. The third-order valence-electron chi connectivity index (χ3n) is 6.32. The lowest BCUT2D eigenvalue weighted by Crippen LogP contribution is -2.34. The quantitative estimate of drug-likeness (QED) is 0.638. The number of aliphatic hydroxyl groups excluding tert-OH is 1. The zero-order valence-electron chi connectivity index (χ0n) is 18.2. The molecule has 0 atom stereocenters. The first-order valence-corrected chi connectivity index (χ1v) is 11.5. The molecule has 2 aromatic rings. The van der Waals surface area contributed by atoms with Crippen molar-refractivity contribution in [2.75, 3.05) is 25.0 Å². The second-order valence-electron chi connectivity index (χ2n) is 9.16. The molecule has 30 heavy (non-hydrogen) atoms. The highest BCUT2D eigenvalue weighted by Gasteiger charge is 2.25. The number of hydrogen-bond donors (Lipinski definition) is 3. The molecule has 3 heterocycles. The van der Waals surface area contributed by atoms with Crippen molar-refractivity contribution in [2.45, 2.75) is 76.9 Å². The van der Waals surface area contributed by atoms with Crippen LogP contribution in [-0.4, -0.2) is 51.9 Å². The second-order valence-corrected chi connectivity index (χ2v) is 9.16. The summed E-state index contributed by atoms with van der Waals surface area (Å²) in [5.41, 5.74) is 2.10. The number of ether oxygens (including phenoxy) is 1. The standard InChI is InChI=1S/C23H35N5O2/c1-15(2)7-12-25-23-27-14-20-21(28-23)19(16-3-5-17(29)6-4-16)13-26-22(20)30-18-8-10-24-11-9-18/h13-18,24,29H,3-12H2,1-2H3,(H,25,27,28). The largest absolute Gasteiger partial charge is 0.474 e. The van der Waals surface area contributed by atoms with E-state index >= 15 is 0 Å². The molecule has 7 heteroatoms. The van der Waals surface area contributed by atoms with E-state index < -0.39 is 0 Å². The molecule has 0 spiro atoms. The van der Waals surface area contributed by atoms with Crippen LogP contribution < -0.4 is 15.4 Å². The molecule has 1 aliphatic heterocycles. The molecular weight excluding hydrogens is 378 g/mol. The highest BCUT2D eigenvalue weighted by Crippen LogP contribution is 2.38. The molecule has 0 aromatic carbocycles. The van der Waals surface area contributed by atoms with Gasteiger partial charge >= 0.3 is 0 Å². The number of aromatic nitrogens is 3. The number of nitrogens with zero attached hydrogens (tertiary/aromatic N) is 3. The van der Waals surface area contributed by atoms with Crippen molar-refractivity contribution in [1.29, 1.82) is 0 Å². The fourth-order valence-corrected chi connectivity index (χ4v) is 4.43. The molecular formula is C23H35N5O2. The third kappa shape index (κ3) is 5.19. The van der Waals surface area contributed by atoms with E-state index in [2.05, 4.69) is 29.5 Å². The first-order valence-electron chi connectivity index (χ1n) is 11.5. The number of anilines is 1. The van der Waals surface area contributed by atoms with Crippen LogP contribution in [0.15, 0.2) is 12.4 Å². The zero-order chi connectivity index (χ0) is 20.9. The molecule has 1 saturated carbocycles. The van der Waals surface area contributed by atoms with Crippen LogP contribution >= 0.6 is 0 Å². The maximum Gasteiger partial charge on any atom is 0.224 e. The molecule has 7 nitrogen and oxygen atoms in total. The van der Waals surface area contributed by atoms with Crippen molar-refractivity contribution in [1.82, 2.24) is 20.3 Å². The second kappa shape index (κ2) is 9.88. The van der Waals surface area contributed by atoms with E-state index in [1.165, 1.54) is 0 Å². The Kier molecular flexibility index (Phi) is 7.00. The highest BCUT2D eigenvalue weighted by molar-refractivity contribution is 5.86. The number of aliphatic hydroxyl groups is 1. The Balaban J connectivity index is 1.63. The van der Waals surface area contributed by atoms with Crippen molar-refractivity contribution in [2.24, 2.45) is 5.92 Å². The Bertz CT molecular complexity index is 830. The van der Waals surface area contributed by atoms with E-state index in [9.17, 15) is 5.11 Å². The predicted octanol–water partition coefficient (Wildman–Crippen LogP) is 3.63. The molecule has 2 fully saturated rings. The smallest absolute Gasteiger partial charge is 0.224 e. The van der Waals surface area contributed by atoms with Gasteiger partial charge in [0.2, 0.25) is 11.8 Å². The van der Waals surface area contributed by atoms with Gasteiger partial charge in [-0.1, -0.05) is 13.8 Å². The molecule has 2 aliphatic rings. The molecule has 2 aromatic heterocycles. The first-order chi connectivity index (χ1) is 14.6. The molecule has 0 amide bonds. The van der Waals surface area contributed by atoms with E-state index in [4.69, 9.17) is 14.7 Å². The van der Waals surface area contributed by atoms with Crippen molar-refractivity contribution in [3.8, 4) is 5.88 Å². The van der Waals surface area contributed by atoms with Crippen LogP contribution in [0.2, 0.25) is 0 Å². The summed E-state index contributed by atoms with van der Waals surface area (Å²) in [5, 5.41) is 17.6. The molecule has 0 radical (unpaired) electrons. The highest BCUT2D eigenvalue weighted by atomic mass is 16.5. The van der Waals surface area contributed by atoms with E-state index in [1.54, 1.807) is 0 Å². The van der Waals surface area contributed by atoms with Crippen LogP contribution in [0.1, 0.15) is 70.3 Å². The minimum absolute atomic E-state index is 0.175. The van der Waals surface area contributed by atoms with E-state index in [0.29, 0.717) is 23.7 Å². The predicted molar refractivity (Wildman–Crippen MR) is 119 cm³/mol. The van der Waals surface area contributed by atoms with Crippen LogP contribution in [0.4, 0.5) is 5.95 Å². The van der Waals surface area contributed by atoms with Crippen molar-refractivity contribution in [3.63, 3.8) is 0 Å². The summed E-state index contributed by atoms with van der Waals surface area (Å²) < 4.78 is 6.29. The number of nitrogens with one attached hydrogen (secondary N) is 2. The summed E-state index contributed by atoms with van der Waals surface area (Å²) in [4.78, 5) is 14.2. The van der Waals surface area contributed by atoms with Gasteiger partial charge in [0.25, 0.3) is 0 Å². The Labute approximate surface area is 179 Å².